The maximum Gasteiger partial charge on any atom is 0.256 e. The van der Waals surface area contributed by atoms with E-state index >= 15 is 0 Å². The maximum absolute atomic E-state index is 11.8. The summed E-state index contributed by atoms with van der Waals surface area (Å²) in [5.41, 5.74) is 0.432. The predicted molar refractivity (Wildman–Crippen MR) is 63.7 cm³/mol. The van der Waals surface area contributed by atoms with Gasteiger partial charge in [0.15, 0.2) is 0 Å². The Bertz CT molecular complexity index is 393. The molecule has 1 aliphatic carbocycles. The minimum Gasteiger partial charge on any atom is -0.511 e. The van der Waals surface area contributed by atoms with E-state index in [1.165, 1.54) is 7.11 Å². The standard InChI is InChI=1S/C12H18N2O3/c1-8(14-17-2)9-10(15)12(5-3-4-6-12)7-13-11(9)16/h15H,3-7H2,1-2H3,(H,13,16). The second-order valence-corrected chi connectivity index (χ2v) is 4.75. The van der Waals surface area contributed by atoms with Crippen LogP contribution in [0, 0.1) is 5.41 Å². The molecule has 17 heavy (non-hydrogen) atoms. The molecule has 2 aliphatic rings. The first kappa shape index (κ1) is 12.0. The largest absolute Gasteiger partial charge is 0.511 e. The van der Waals surface area contributed by atoms with E-state index in [1.54, 1.807) is 6.92 Å². The van der Waals surface area contributed by atoms with Crippen LogP contribution in [-0.4, -0.2) is 30.4 Å². The van der Waals surface area contributed by atoms with Crippen LogP contribution in [-0.2, 0) is 9.63 Å². The topological polar surface area (TPSA) is 70.9 Å². The van der Waals surface area contributed by atoms with Crippen molar-refractivity contribution in [2.24, 2.45) is 10.6 Å². The Hall–Kier alpha value is -1.52. The smallest absolute Gasteiger partial charge is 0.256 e. The first-order valence-electron chi connectivity index (χ1n) is 5.91. The van der Waals surface area contributed by atoms with Crippen molar-refractivity contribution in [3.05, 3.63) is 11.3 Å². The first-order chi connectivity index (χ1) is 8.10. The number of oxime groups is 1. The summed E-state index contributed by atoms with van der Waals surface area (Å²) in [7, 11) is 1.42. The van der Waals surface area contributed by atoms with Gasteiger partial charge in [0.05, 0.1) is 5.71 Å². The van der Waals surface area contributed by atoms with E-state index < -0.39 is 0 Å². The van der Waals surface area contributed by atoms with Crippen molar-refractivity contribution in [2.45, 2.75) is 32.6 Å². The van der Waals surface area contributed by atoms with Crippen LogP contribution in [0.3, 0.4) is 0 Å². The number of nitrogens with zero attached hydrogens (tertiary/aromatic N) is 1. The number of amides is 1. The summed E-state index contributed by atoms with van der Waals surface area (Å²) >= 11 is 0. The molecule has 1 heterocycles. The summed E-state index contributed by atoms with van der Waals surface area (Å²) in [6.45, 7) is 2.20. The number of carbonyl (C=O) groups excluding carboxylic acids is 1. The van der Waals surface area contributed by atoms with E-state index in [1.807, 2.05) is 0 Å². The van der Waals surface area contributed by atoms with Crippen LogP contribution in [0.15, 0.2) is 16.5 Å². The van der Waals surface area contributed by atoms with Crippen molar-refractivity contribution < 1.29 is 14.7 Å². The highest BCUT2D eigenvalue weighted by Gasteiger charge is 2.44. The third-order valence-electron chi connectivity index (χ3n) is 3.70. The van der Waals surface area contributed by atoms with Crippen molar-refractivity contribution in [1.29, 1.82) is 0 Å². The molecule has 0 aromatic rings. The van der Waals surface area contributed by atoms with Gasteiger partial charge in [-0.3, -0.25) is 4.79 Å². The lowest BCUT2D eigenvalue weighted by Gasteiger charge is -2.34. The van der Waals surface area contributed by atoms with Crippen LogP contribution in [0.25, 0.3) is 0 Å². The SMILES string of the molecule is CON=C(C)C1=C(O)C2(CCCC2)CNC1=O. The van der Waals surface area contributed by atoms with Gasteiger partial charge in [0, 0.05) is 12.0 Å². The second-order valence-electron chi connectivity index (χ2n) is 4.75. The Morgan fingerprint density at radius 3 is 2.71 bits per heavy atom. The fraction of sp³-hybridized carbons (Fsp3) is 0.667. The van der Waals surface area contributed by atoms with Gasteiger partial charge in [-0.1, -0.05) is 18.0 Å². The molecule has 0 unspecified atom stereocenters. The molecule has 0 radical (unpaired) electrons. The van der Waals surface area contributed by atoms with Gasteiger partial charge in [-0.25, -0.2) is 0 Å². The highest BCUT2D eigenvalue weighted by atomic mass is 16.6. The molecule has 0 bridgehead atoms. The lowest BCUT2D eigenvalue weighted by atomic mass is 9.78. The molecular formula is C12H18N2O3. The number of aliphatic hydroxyl groups excluding tert-OH is 1. The molecule has 1 aliphatic heterocycles. The Labute approximate surface area is 101 Å². The summed E-state index contributed by atoms with van der Waals surface area (Å²) in [5, 5.41) is 17.0. The van der Waals surface area contributed by atoms with E-state index in [9.17, 15) is 9.90 Å². The minimum atomic E-state index is -0.270. The second kappa shape index (κ2) is 4.39. The van der Waals surface area contributed by atoms with Gasteiger partial charge in [0.25, 0.3) is 5.91 Å². The van der Waals surface area contributed by atoms with Crippen LogP contribution in [0.4, 0.5) is 0 Å². The lowest BCUT2D eigenvalue weighted by Crippen LogP contribution is -2.45. The van der Waals surface area contributed by atoms with Gasteiger partial charge in [-0.05, 0) is 19.8 Å². The number of carbonyl (C=O) groups is 1. The van der Waals surface area contributed by atoms with Gasteiger partial charge in [-0.2, -0.15) is 0 Å². The zero-order chi connectivity index (χ0) is 12.5. The molecule has 1 amide bonds. The van der Waals surface area contributed by atoms with Crippen molar-refractivity contribution >= 4 is 11.6 Å². The molecule has 0 aromatic heterocycles. The third-order valence-corrected chi connectivity index (χ3v) is 3.70. The molecule has 94 valence electrons. The van der Waals surface area contributed by atoms with Crippen molar-refractivity contribution in [3.8, 4) is 0 Å². The number of nitrogens with one attached hydrogen (secondary N) is 1. The summed E-state index contributed by atoms with van der Waals surface area (Å²) in [4.78, 5) is 16.5. The van der Waals surface area contributed by atoms with Gasteiger partial charge >= 0.3 is 0 Å². The van der Waals surface area contributed by atoms with E-state index in [4.69, 9.17) is 0 Å². The van der Waals surface area contributed by atoms with Crippen LogP contribution < -0.4 is 5.32 Å². The Balaban J connectivity index is 2.43. The molecule has 2 N–H and O–H groups in total. The molecule has 0 saturated heterocycles. The van der Waals surface area contributed by atoms with Crippen molar-refractivity contribution in [3.63, 3.8) is 0 Å². The fourth-order valence-electron chi connectivity index (χ4n) is 2.78. The highest BCUT2D eigenvalue weighted by molar-refractivity contribution is 6.21. The maximum atomic E-state index is 11.8. The summed E-state index contributed by atoms with van der Waals surface area (Å²) in [6.07, 6.45) is 4.02. The monoisotopic (exact) mass is 238 g/mol. The van der Waals surface area contributed by atoms with Crippen molar-refractivity contribution in [1.82, 2.24) is 5.32 Å². The summed E-state index contributed by atoms with van der Waals surface area (Å²) in [5.74, 6) is -0.0737. The average Bonchev–Trinajstić information content (AvgIpc) is 2.75. The molecule has 1 saturated carbocycles. The predicted octanol–water partition coefficient (Wildman–Crippen LogP) is 1.51. The zero-order valence-corrected chi connectivity index (χ0v) is 10.2. The van der Waals surface area contributed by atoms with Crippen LogP contribution in [0.5, 0.6) is 0 Å². The molecule has 0 atom stereocenters. The van der Waals surface area contributed by atoms with Gasteiger partial charge < -0.3 is 15.3 Å². The Morgan fingerprint density at radius 2 is 2.12 bits per heavy atom. The number of hydrogen-bond donors (Lipinski definition) is 2. The van der Waals surface area contributed by atoms with Crippen LogP contribution in [0.2, 0.25) is 0 Å². The molecule has 1 fully saturated rings. The molecule has 2 rings (SSSR count). The average molecular weight is 238 g/mol. The minimum absolute atomic E-state index is 0.192. The Kier molecular flexibility index (Phi) is 3.09. The molecular weight excluding hydrogens is 220 g/mol. The van der Waals surface area contributed by atoms with E-state index in [0.29, 0.717) is 12.3 Å². The van der Waals surface area contributed by atoms with Crippen LogP contribution >= 0.6 is 0 Å². The summed E-state index contributed by atoms with van der Waals surface area (Å²) < 4.78 is 0. The normalized spacial score (nSPS) is 24.1. The van der Waals surface area contributed by atoms with E-state index in [2.05, 4.69) is 15.3 Å². The number of hydrogen-bond acceptors (Lipinski definition) is 4. The van der Waals surface area contributed by atoms with E-state index in [0.717, 1.165) is 25.7 Å². The van der Waals surface area contributed by atoms with Crippen LogP contribution in [0.1, 0.15) is 32.6 Å². The van der Waals surface area contributed by atoms with E-state index in [-0.39, 0.29) is 22.7 Å². The highest BCUT2D eigenvalue weighted by Crippen LogP contribution is 2.45. The number of aliphatic hydroxyl groups is 1. The molecule has 5 nitrogen and oxygen atoms in total. The molecule has 0 aromatic carbocycles. The van der Waals surface area contributed by atoms with Crippen molar-refractivity contribution in [2.75, 3.05) is 13.7 Å². The van der Waals surface area contributed by atoms with Gasteiger partial charge in [0.1, 0.15) is 18.4 Å². The zero-order valence-electron chi connectivity index (χ0n) is 10.2. The first-order valence-corrected chi connectivity index (χ1v) is 5.91. The van der Waals surface area contributed by atoms with Gasteiger partial charge in [0.2, 0.25) is 0 Å². The van der Waals surface area contributed by atoms with Gasteiger partial charge in [-0.15, -0.1) is 0 Å². The number of rotatable bonds is 2. The Morgan fingerprint density at radius 1 is 1.47 bits per heavy atom. The fourth-order valence-corrected chi connectivity index (χ4v) is 2.78. The molecule has 5 heteroatoms. The quantitative estimate of drug-likeness (QED) is 0.566. The summed E-state index contributed by atoms with van der Waals surface area (Å²) in [6, 6.07) is 0. The lowest BCUT2D eigenvalue weighted by molar-refractivity contribution is -0.118. The molecule has 1 spiro atoms. The third kappa shape index (κ3) is 1.90.